The van der Waals surface area contributed by atoms with Crippen molar-refractivity contribution in [2.24, 2.45) is 5.92 Å². The van der Waals surface area contributed by atoms with Gasteiger partial charge in [-0.1, -0.05) is 65.2 Å². The maximum atomic E-state index is 3.91. The van der Waals surface area contributed by atoms with E-state index in [-0.39, 0.29) is 0 Å². The molecule has 0 aliphatic carbocycles. The molecule has 18 heavy (non-hydrogen) atoms. The lowest BCUT2D eigenvalue weighted by molar-refractivity contribution is 0.174. The van der Waals surface area contributed by atoms with Gasteiger partial charge in [0.15, 0.2) is 0 Å². The Morgan fingerprint density at radius 1 is 0.944 bits per heavy atom. The quantitative estimate of drug-likeness (QED) is 0.491. The maximum Gasteiger partial charge on any atom is -0.00161 e. The van der Waals surface area contributed by atoms with Crippen LogP contribution < -0.4 is 0 Å². The number of rotatable bonds is 10. The third-order valence-corrected chi connectivity index (χ3v) is 4.40. The number of hydrogen-bond donors (Lipinski definition) is 0. The summed E-state index contributed by atoms with van der Waals surface area (Å²) in [6, 6.07) is 0. The predicted octanol–water partition coefficient (Wildman–Crippen LogP) is 5.06. The summed E-state index contributed by atoms with van der Waals surface area (Å²) in [5, 5.41) is 0. The van der Waals surface area contributed by atoms with Gasteiger partial charge in [-0.15, -0.1) is 0 Å². The van der Waals surface area contributed by atoms with Gasteiger partial charge in [0.25, 0.3) is 0 Å². The zero-order valence-corrected chi connectivity index (χ0v) is 12.6. The number of likely N-dealkylation sites (tertiary alicyclic amines) is 1. The van der Waals surface area contributed by atoms with Crippen LogP contribution in [-0.4, -0.2) is 24.5 Å². The summed E-state index contributed by atoms with van der Waals surface area (Å²) in [6.45, 7) is 10.3. The fraction of sp³-hybridized carbons (Fsp3) is 0.941. The summed E-state index contributed by atoms with van der Waals surface area (Å²) >= 11 is 0. The first-order chi connectivity index (χ1) is 8.86. The molecule has 0 aromatic heterocycles. The van der Waals surface area contributed by atoms with Crippen LogP contribution in [0, 0.1) is 12.8 Å². The van der Waals surface area contributed by atoms with Crippen molar-refractivity contribution in [3.63, 3.8) is 0 Å². The van der Waals surface area contributed by atoms with Gasteiger partial charge in [0, 0.05) is 0 Å². The molecule has 1 nitrogen and oxygen atoms in total. The molecule has 1 aliphatic rings. The van der Waals surface area contributed by atoms with E-state index in [0.29, 0.717) is 0 Å². The van der Waals surface area contributed by atoms with Crippen molar-refractivity contribution in [3.8, 4) is 0 Å². The lowest BCUT2D eigenvalue weighted by Crippen LogP contribution is -2.34. The molecule has 1 heterocycles. The molecule has 0 aromatic rings. The van der Waals surface area contributed by atoms with Crippen molar-refractivity contribution in [1.82, 2.24) is 4.90 Å². The molecule has 0 saturated carbocycles. The van der Waals surface area contributed by atoms with Crippen LogP contribution in [0.5, 0.6) is 0 Å². The van der Waals surface area contributed by atoms with Crippen LogP contribution in [0.15, 0.2) is 0 Å². The van der Waals surface area contributed by atoms with Gasteiger partial charge >= 0.3 is 0 Å². The molecule has 1 saturated heterocycles. The van der Waals surface area contributed by atoms with Gasteiger partial charge in [-0.3, -0.25) is 0 Å². The second-order valence-electron chi connectivity index (χ2n) is 6.05. The second-order valence-corrected chi connectivity index (χ2v) is 6.05. The minimum Gasteiger partial charge on any atom is -0.303 e. The zero-order chi connectivity index (χ0) is 13.1. The van der Waals surface area contributed by atoms with E-state index >= 15 is 0 Å². The van der Waals surface area contributed by atoms with Crippen LogP contribution in [0.25, 0.3) is 0 Å². The average molecular weight is 252 g/mol. The monoisotopic (exact) mass is 252 g/mol. The van der Waals surface area contributed by atoms with Gasteiger partial charge in [0.2, 0.25) is 0 Å². The smallest absolute Gasteiger partial charge is 0.00161 e. The van der Waals surface area contributed by atoms with Gasteiger partial charge in [-0.2, -0.15) is 0 Å². The molecule has 0 spiro atoms. The number of hydrogen-bond acceptors (Lipinski definition) is 1. The maximum absolute atomic E-state index is 3.91. The molecule has 1 fully saturated rings. The lowest BCUT2D eigenvalue weighted by Gasteiger charge is -2.32. The largest absolute Gasteiger partial charge is 0.303 e. The van der Waals surface area contributed by atoms with Gasteiger partial charge < -0.3 is 4.90 Å². The third-order valence-electron chi connectivity index (χ3n) is 4.40. The Kier molecular flexibility index (Phi) is 9.65. The minimum atomic E-state index is 1.04. The number of unbranched alkanes of at least 4 members (excludes halogenated alkanes) is 6. The summed E-state index contributed by atoms with van der Waals surface area (Å²) in [5.41, 5.74) is 0. The molecule has 0 atom stereocenters. The molecule has 1 heteroatoms. The summed E-state index contributed by atoms with van der Waals surface area (Å²) in [6.07, 6.45) is 15.3. The summed E-state index contributed by atoms with van der Waals surface area (Å²) in [7, 11) is 0. The Labute approximate surface area is 115 Å². The van der Waals surface area contributed by atoms with Gasteiger partial charge in [0.1, 0.15) is 0 Å². The minimum absolute atomic E-state index is 1.04. The van der Waals surface area contributed by atoms with Crippen LogP contribution in [0.2, 0.25) is 0 Å². The Balaban J connectivity index is 1.95. The zero-order valence-electron chi connectivity index (χ0n) is 12.6. The molecule has 0 aromatic carbocycles. The SMILES string of the molecule is [CH2]CCCCCN1CCC(CCCCCC)CC1. The average Bonchev–Trinajstić information content (AvgIpc) is 2.41. The first kappa shape index (κ1) is 16.0. The first-order valence-electron chi connectivity index (χ1n) is 8.38. The van der Waals surface area contributed by atoms with Crippen LogP contribution in [0.1, 0.15) is 77.6 Å². The second kappa shape index (κ2) is 10.8. The standard InChI is InChI=1S/C17H34N/c1-3-5-7-9-11-17-12-15-18(16-13-17)14-10-8-6-4-2/h17H,2-16H2,1H3. The molecule has 1 aliphatic heterocycles. The van der Waals surface area contributed by atoms with Crippen molar-refractivity contribution in [2.75, 3.05) is 19.6 Å². The fourth-order valence-corrected chi connectivity index (χ4v) is 3.05. The molecule has 0 unspecified atom stereocenters. The van der Waals surface area contributed by atoms with E-state index in [9.17, 15) is 0 Å². The Hall–Kier alpha value is -0.0400. The van der Waals surface area contributed by atoms with Gasteiger partial charge in [-0.25, -0.2) is 0 Å². The number of nitrogens with zero attached hydrogens (tertiary/aromatic N) is 1. The van der Waals surface area contributed by atoms with Crippen molar-refractivity contribution in [1.29, 1.82) is 0 Å². The van der Waals surface area contributed by atoms with E-state index in [1.54, 1.807) is 0 Å². The van der Waals surface area contributed by atoms with E-state index < -0.39 is 0 Å². The Morgan fingerprint density at radius 3 is 2.33 bits per heavy atom. The van der Waals surface area contributed by atoms with E-state index in [2.05, 4.69) is 18.7 Å². The Morgan fingerprint density at radius 2 is 1.67 bits per heavy atom. The van der Waals surface area contributed by atoms with Crippen LogP contribution in [-0.2, 0) is 0 Å². The molecule has 1 rings (SSSR count). The first-order valence-corrected chi connectivity index (χ1v) is 8.38. The third kappa shape index (κ3) is 7.41. The van der Waals surface area contributed by atoms with Crippen molar-refractivity contribution in [3.05, 3.63) is 6.92 Å². The van der Waals surface area contributed by atoms with Crippen LogP contribution >= 0.6 is 0 Å². The van der Waals surface area contributed by atoms with Gasteiger partial charge in [0.05, 0.1) is 0 Å². The molecule has 1 radical (unpaired) electrons. The normalized spacial score (nSPS) is 18.3. The highest BCUT2D eigenvalue weighted by molar-refractivity contribution is 4.72. The van der Waals surface area contributed by atoms with Gasteiger partial charge in [-0.05, 0) is 44.8 Å². The molecule has 0 amide bonds. The fourth-order valence-electron chi connectivity index (χ4n) is 3.05. The molecular weight excluding hydrogens is 218 g/mol. The highest BCUT2D eigenvalue weighted by atomic mass is 15.1. The van der Waals surface area contributed by atoms with Crippen molar-refractivity contribution < 1.29 is 0 Å². The summed E-state index contributed by atoms with van der Waals surface area (Å²) in [4.78, 5) is 2.69. The molecular formula is C17H34N. The lowest BCUT2D eigenvalue weighted by atomic mass is 9.91. The Bertz CT molecular complexity index is 150. The molecule has 107 valence electrons. The highest BCUT2D eigenvalue weighted by Crippen LogP contribution is 2.23. The molecule has 0 N–H and O–H groups in total. The van der Waals surface area contributed by atoms with E-state index in [4.69, 9.17) is 0 Å². The molecule has 0 bridgehead atoms. The number of piperidine rings is 1. The summed E-state index contributed by atoms with van der Waals surface area (Å²) < 4.78 is 0. The van der Waals surface area contributed by atoms with Crippen LogP contribution in [0.3, 0.4) is 0 Å². The van der Waals surface area contributed by atoms with E-state index in [1.807, 2.05) is 0 Å². The highest BCUT2D eigenvalue weighted by Gasteiger charge is 2.17. The topological polar surface area (TPSA) is 3.24 Å². The van der Waals surface area contributed by atoms with Crippen molar-refractivity contribution >= 4 is 0 Å². The van der Waals surface area contributed by atoms with Crippen LogP contribution in [0.4, 0.5) is 0 Å². The van der Waals surface area contributed by atoms with E-state index in [1.165, 1.54) is 83.8 Å². The predicted molar refractivity (Wildman–Crippen MR) is 81.7 cm³/mol. The van der Waals surface area contributed by atoms with E-state index in [0.717, 1.165) is 12.3 Å². The van der Waals surface area contributed by atoms with Crippen molar-refractivity contribution in [2.45, 2.75) is 77.6 Å². The summed E-state index contributed by atoms with van der Waals surface area (Å²) in [5.74, 6) is 1.04.